The standard InChI is InChI=1S/C15H19FN2O2/c1-3-12(10-5-4-6-11(16)9-10)17-13-7-8-14(19)18(2)15(13)20/h4-6,9,12-13,17H,3,7-8H2,1-2H3. The molecule has 2 rings (SSSR count). The van der Waals surface area contributed by atoms with E-state index in [4.69, 9.17) is 0 Å². The highest BCUT2D eigenvalue weighted by molar-refractivity contribution is 6.00. The van der Waals surface area contributed by atoms with Gasteiger partial charge in [-0.15, -0.1) is 0 Å². The zero-order valence-corrected chi connectivity index (χ0v) is 11.7. The molecule has 0 aliphatic carbocycles. The molecule has 0 saturated carbocycles. The minimum Gasteiger partial charge on any atom is -0.299 e. The molecule has 1 aliphatic heterocycles. The van der Waals surface area contributed by atoms with Crippen LogP contribution < -0.4 is 5.32 Å². The average molecular weight is 278 g/mol. The van der Waals surface area contributed by atoms with Gasteiger partial charge in [-0.2, -0.15) is 0 Å². The van der Waals surface area contributed by atoms with E-state index in [-0.39, 0.29) is 29.7 Å². The van der Waals surface area contributed by atoms with Crippen molar-refractivity contribution in [2.24, 2.45) is 0 Å². The predicted molar refractivity (Wildman–Crippen MR) is 73.4 cm³/mol. The van der Waals surface area contributed by atoms with Gasteiger partial charge in [0, 0.05) is 19.5 Å². The summed E-state index contributed by atoms with van der Waals surface area (Å²) in [7, 11) is 1.50. The second-order valence-corrected chi connectivity index (χ2v) is 5.06. The highest BCUT2D eigenvalue weighted by Gasteiger charge is 2.32. The molecule has 2 unspecified atom stereocenters. The van der Waals surface area contributed by atoms with E-state index in [1.54, 1.807) is 6.07 Å². The van der Waals surface area contributed by atoms with Crippen LogP contribution in [-0.4, -0.2) is 29.8 Å². The largest absolute Gasteiger partial charge is 0.299 e. The number of hydrogen-bond acceptors (Lipinski definition) is 3. The lowest BCUT2D eigenvalue weighted by Gasteiger charge is -2.31. The number of halogens is 1. The Bertz CT molecular complexity index is 518. The Labute approximate surface area is 118 Å². The predicted octanol–water partition coefficient (Wildman–Crippen LogP) is 2.01. The Morgan fingerprint density at radius 2 is 2.20 bits per heavy atom. The Hall–Kier alpha value is -1.75. The summed E-state index contributed by atoms with van der Waals surface area (Å²) in [5.41, 5.74) is 0.819. The van der Waals surface area contributed by atoms with Crippen LogP contribution in [0.15, 0.2) is 24.3 Å². The number of amides is 2. The molecule has 0 radical (unpaired) electrons. The van der Waals surface area contributed by atoms with E-state index in [0.29, 0.717) is 12.8 Å². The quantitative estimate of drug-likeness (QED) is 0.857. The number of carbonyl (C=O) groups excluding carboxylic acids is 2. The van der Waals surface area contributed by atoms with Crippen molar-refractivity contribution in [3.63, 3.8) is 0 Å². The van der Waals surface area contributed by atoms with Crippen molar-refractivity contribution in [2.45, 2.75) is 38.3 Å². The van der Waals surface area contributed by atoms with Crippen LogP contribution in [0.25, 0.3) is 0 Å². The molecule has 20 heavy (non-hydrogen) atoms. The zero-order chi connectivity index (χ0) is 14.7. The third-order valence-corrected chi connectivity index (χ3v) is 3.71. The smallest absolute Gasteiger partial charge is 0.246 e. The third kappa shape index (κ3) is 3.04. The van der Waals surface area contributed by atoms with E-state index >= 15 is 0 Å². The van der Waals surface area contributed by atoms with Crippen molar-refractivity contribution in [1.82, 2.24) is 10.2 Å². The summed E-state index contributed by atoms with van der Waals surface area (Å²) in [4.78, 5) is 24.7. The number of hydrogen-bond donors (Lipinski definition) is 1. The van der Waals surface area contributed by atoms with Gasteiger partial charge in [-0.05, 0) is 30.5 Å². The van der Waals surface area contributed by atoms with Crippen LogP contribution in [0.1, 0.15) is 37.8 Å². The van der Waals surface area contributed by atoms with E-state index in [1.807, 2.05) is 13.0 Å². The van der Waals surface area contributed by atoms with Crippen LogP contribution in [0.3, 0.4) is 0 Å². The van der Waals surface area contributed by atoms with Crippen LogP contribution in [0.4, 0.5) is 4.39 Å². The molecule has 1 fully saturated rings. The Kier molecular flexibility index (Phi) is 4.49. The second kappa shape index (κ2) is 6.13. The maximum atomic E-state index is 13.3. The topological polar surface area (TPSA) is 49.4 Å². The van der Waals surface area contributed by atoms with Gasteiger partial charge < -0.3 is 0 Å². The summed E-state index contributed by atoms with van der Waals surface area (Å²) in [5, 5.41) is 3.24. The molecular weight excluding hydrogens is 259 g/mol. The van der Waals surface area contributed by atoms with Gasteiger partial charge in [-0.3, -0.25) is 19.8 Å². The highest BCUT2D eigenvalue weighted by Crippen LogP contribution is 2.21. The van der Waals surface area contributed by atoms with E-state index in [1.165, 1.54) is 24.1 Å². The van der Waals surface area contributed by atoms with Crippen molar-refractivity contribution in [3.8, 4) is 0 Å². The number of benzene rings is 1. The summed E-state index contributed by atoms with van der Waals surface area (Å²) in [6.07, 6.45) is 1.60. The number of nitrogens with zero attached hydrogens (tertiary/aromatic N) is 1. The lowest BCUT2D eigenvalue weighted by Crippen LogP contribution is -2.52. The number of nitrogens with one attached hydrogen (secondary N) is 1. The van der Waals surface area contributed by atoms with Gasteiger partial charge in [0.1, 0.15) is 5.82 Å². The first-order valence-corrected chi connectivity index (χ1v) is 6.84. The number of carbonyl (C=O) groups is 2. The maximum absolute atomic E-state index is 13.3. The van der Waals surface area contributed by atoms with E-state index in [0.717, 1.165) is 12.0 Å². The summed E-state index contributed by atoms with van der Waals surface area (Å²) < 4.78 is 13.3. The van der Waals surface area contributed by atoms with Gasteiger partial charge in [0.05, 0.1) is 6.04 Å². The molecule has 0 aromatic heterocycles. The number of likely N-dealkylation sites (tertiary alicyclic amines) is 1. The normalized spacial score (nSPS) is 21.1. The zero-order valence-electron chi connectivity index (χ0n) is 11.7. The van der Waals surface area contributed by atoms with Gasteiger partial charge in [0.2, 0.25) is 11.8 Å². The minimum absolute atomic E-state index is 0.0961. The van der Waals surface area contributed by atoms with Crippen LogP contribution in [-0.2, 0) is 9.59 Å². The molecule has 2 amide bonds. The first-order chi connectivity index (χ1) is 9.52. The first-order valence-electron chi connectivity index (χ1n) is 6.84. The molecule has 0 bridgehead atoms. The lowest BCUT2D eigenvalue weighted by atomic mass is 9.99. The summed E-state index contributed by atoms with van der Waals surface area (Å²) in [6.45, 7) is 1.98. The molecule has 1 saturated heterocycles. The van der Waals surface area contributed by atoms with Crippen LogP contribution >= 0.6 is 0 Å². The van der Waals surface area contributed by atoms with Crippen molar-refractivity contribution in [3.05, 3.63) is 35.6 Å². The fourth-order valence-corrected chi connectivity index (χ4v) is 2.49. The monoisotopic (exact) mass is 278 g/mol. The van der Waals surface area contributed by atoms with Crippen molar-refractivity contribution in [2.75, 3.05) is 7.05 Å². The number of piperidine rings is 1. The van der Waals surface area contributed by atoms with Gasteiger partial charge in [0.15, 0.2) is 0 Å². The summed E-state index contributed by atoms with van der Waals surface area (Å²) in [6, 6.07) is 5.89. The average Bonchev–Trinajstić information content (AvgIpc) is 2.44. The molecule has 1 aliphatic rings. The van der Waals surface area contributed by atoms with Gasteiger partial charge in [0.25, 0.3) is 0 Å². The van der Waals surface area contributed by atoms with Gasteiger partial charge in [-0.1, -0.05) is 19.1 Å². The molecule has 0 spiro atoms. The lowest BCUT2D eigenvalue weighted by molar-refractivity contribution is -0.148. The molecule has 2 atom stereocenters. The second-order valence-electron chi connectivity index (χ2n) is 5.06. The van der Waals surface area contributed by atoms with Crippen LogP contribution in [0.5, 0.6) is 0 Å². The summed E-state index contributed by atoms with van der Waals surface area (Å²) in [5.74, 6) is -0.645. The molecule has 1 aromatic carbocycles. The SMILES string of the molecule is CCC(NC1CCC(=O)N(C)C1=O)c1cccc(F)c1. The Balaban J connectivity index is 2.11. The first kappa shape index (κ1) is 14.7. The molecule has 108 valence electrons. The van der Waals surface area contributed by atoms with E-state index < -0.39 is 0 Å². The number of imide groups is 1. The highest BCUT2D eigenvalue weighted by atomic mass is 19.1. The third-order valence-electron chi connectivity index (χ3n) is 3.71. The van der Waals surface area contributed by atoms with E-state index in [9.17, 15) is 14.0 Å². The van der Waals surface area contributed by atoms with Crippen molar-refractivity contribution in [1.29, 1.82) is 0 Å². The van der Waals surface area contributed by atoms with Crippen molar-refractivity contribution >= 4 is 11.8 Å². The van der Waals surface area contributed by atoms with Crippen molar-refractivity contribution < 1.29 is 14.0 Å². The van der Waals surface area contributed by atoms with Gasteiger partial charge in [-0.25, -0.2) is 4.39 Å². The fourth-order valence-electron chi connectivity index (χ4n) is 2.49. The van der Waals surface area contributed by atoms with Crippen LogP contribution in [0.2, 0.25) is 0 Å². The Morgan fingerprint density at radius 3 is 2.85 bits per heavy atom. The maximum Gasteiger partial charge on any atom is 0.246 e. The molecule has 5 heteroatoms. The van der Waals surface area contributed by atoms with Crippen LogP contribution in [0, 0.1) is 5.82 Å². The fraction of sp³-hybridized carbons (Fsp3) is 0.467. The van der Waals surface area contributed by atoms with Gasteiger partial charge >= 0.3 is 0 Å². The summed E-state index contributed by atoms with van der Waals surface area (Å²) >= 11 is 0. The minimum atomic E-state index is -0.383. The number of rotatable bonds is 4. The Morgan fingerprint density at radius 1 is 1.45 bits per heavy atom. The molecule has 1 heterocycles. The molecular formula is C15H19FN2O2. The molecule has 1 N–H and O–H groups in total. The molecule has 4 nitrogen and oxygen atoms in total. The molecule has 1 aromatic rings. The number of likely N-dealkylation sites (N-methyl/N-ethyl adjacent to an activating group) is 1. The van der Waals surface area contributed by atoms with E-state index in [2.05, 4.69) is 5.32 Å².